The third-order valence-corrected chi connectivity index (χ3v) is 2.20. The molecule has 6 nitrogen and oxygen atoms in total. The van der Waals surface area contributed by atoms with Crippen LogP contribution in [0.4, 0.5) is 0 Å². The molecule has 0 aliphatic rings. The Labute approximate surface area is 99.7 Å². The van der Waals surface area contributed by atoms with E-state index in [1.54, 1.807) is 6.20 Å². The van der Waals surface area contributed by atoms with Crippen molar-refractivity contribution in [3.05, 3.63) is 30.2 Å². The Morgan fingerprint density at radius 1 is 1.06 bits per heavy atom. The van der Waals surface area contributed by atoms with E-state index in [4.69, 9.17) is 0 Å². The van der Waals surface area contributed by atoms with Gasteiger partial charge in [-0.3, -0.25) is 4.98 Å². The zero-order chi connectivity index (χ0) is 12.1. The van der Waals surface area contributed by atoms with E-state index in [2.05, 4.69) is 30.3 Å². The van der Waals surface area contributed by atoms with Gasteiger partial charge < -0.3 is 4.90 Å². The first kappa shape index (κ1) is 11.5. The first-order valence-corrected chi connectivity index (χ1v) is 5.38. The van der Waals surface area contributed by atoms with Crippen molar-refractivity contribution in [2.24, 2.45) is 0 Å². The van der Waals surface area contributed by atoms with Crippen LogP contribution in [0.5, 0.6) is 0 Å². The molecule has 0 radical (unpaired) electrons. The van der Waals surface area contributed by atoms with Crippen LogP contribution in [0, 0.1) is 0 Å². The first-order chi connectivity index (χ1) is 8.25. The van der Waals surface area contributed by atoms with Crippen molar-refractivity contribution in [3.8, 4) is 11.5 Å². The molecule has 0 saturated heterocycles. The minimum Gasteiger partial charge on any atom is -0.309 e. The van der Waals surface area contributed by atoms with E-state index < -0.39 is 0 Å². The van der Waals surface area contributed by atoms with Crippen molar-refractivity contribution in [1.29, 1.82) is 0 Å². The normalized spacial score (nSPS) is 10.8. The molecule has 0 bridgehead atoms. The summed E-state index contributed by atoms with van der Waals surface area (Å²) >= 11 is 0. The molecule has 0 N–H and O–H groups in total. The molecule has 0 aromatic carbocycles. The van der Waals surface area contributed by atoms with Gasteiger partial charge in [0.1, 0.15) is 5.69 Å². The fourth-order valence-electron chi connectivity index (χ4n) is 1.27. The quantitative estimate of drug-likeness (QED) is 0.759. The van der Waals surface area contributed by atoms with Gasteiger partial charge in [0.05, 0.1) is 0 Å². The highest BCUT2D eigenvalue weighted by Crippen LogP contribution is 2.07. The molecule has 2 aromatic rings. The molecule has 0 aliphatic carbocycles. The van der Waals surface area contributed by atoms with E-state index in [1.165, 1.54) is 0 Å². The summed E-state index contributed by atoms with van der Waals surface area (Å²) in [6, 6.07) is 5.56. The SMILES string of the molecule is CN(C)CCc1nnc(-c2ccccn2)nn1. The maximum atomic E-state index is 4.14. The molecule has 17 heavy (non-hydrogen) atoms. The lowest BCUT2D eigenvalue weighted by Crippen LogP contribution is -2.17. The Hall–Kier alpha value is -1.95. The largest absolute Gasteiger partial charge is 0.309 e. The third kappa shape index (κ3) is 3.25. The molecule has 0 fully saturated rings. The summed E-state index contributed by atoms with van der Waals surface area (Å²) in [5.74, 6) is 1.11. The summed E-state index contributed by atoms with van der Waals surface area (Å²) in [7, 11) is 4.01. The van der Waals surface area contributed by atoms with Gasteiger partial charge in [0.25, 0.3) is 0 Å². The topological polar surface area (TPSA) is 67.7 Å². The van der Waals surface area contributed by atoms with Crippen LogP contribution in [-0.2, 0) is 6.42 Å². The van der Waals surface area contributed by atoms with Crippen molar-refractivity contribution in [1.82, 2.24) is 30.3 Å². The van der Waals surface area contributed by atoms with Crippen LogP contribution in [0.2, 0.25) is 0 Å². The number of aromatic nitrogens is 5. The predicted octanol–water partition coefficient (Wildman–Crippen LogP) is 0.433. The van der Waals surface area contributed by atoms with Gasteiger partial charge in [-0.25, -0.2) is 0 Å². The van der Waals surface area contributed by atoms with E-state index in [-0.39, 0.29) is 0 Å². The second-order valence-electron chi connectivity index (χ2n) is 3.91. The highest BCUT2D eigenvalue weighted by molar-refractivity contribution is 5.46. The van der Waals surface area contributed by atoms with Crippen LogP contribution < -0.4 is 0 Å². The van der Waals surface area contributed by atoms with Crippen LogP contribution in [0.25, 0.3) is 11.5 Å². The Bertz CT molecular complexity index is 453. The summed E-state index contributed by atoms with van der Waals surface area (Å²) in [6.07, 6.45) is 2.44. The lowest BCUT2D eigenvalue weighted by Gasteiger charge is -2.06. The van der Waals surface area contributed by atoms with Crippen molar-refractivity contribution in [2.75, 3.05) is 20.6 Å². The maximum Gasteiger partial charge on any atom is 0.221 e. The fourth-order valence-corrected chi connectivity index (χ4v) is 1.27. The Morgan fingerprint density at radius 3 is 2.41 bits per heavy atom. The zero-order valence-corrected chi connectivity index (χ0v) is 9.91. The van der Waals surface area contributed by atoms with Gasteiger partial charge >= 0.3 is 0 Å². The van der Waals surface area contributed by atoms with Crippen molar-refractivity contribution in [2.45, 2.75) is 6.42 Å². The van der Waals surface area contributed by atoms with Crippen LogP contribution in [-0.4, -0.2) is 50.9 Å². The lowest BCUT2D eigenvalue weighted by molar-refractivity contribution is 0.407. The van der Waals surface area contributed by atoms with Gasteiger partial charge in [0.15, 0.2) is 5.82 Å². The van der Waals surface area contributed by atoms with E-state index in [9.17, 15) is 0 Å². The molecule has 0 atom stereocenters. The molecule has 2 rings (SSSR count). The minimum atomic E-state index is 0.458. The smallest absolute Gasteiger partial charge is 0.221 e. The molecular formula is C11H14N6. The average Bonchev–Trinajstić information content (AvgIpc) is 2.38. The number of hydrogen-bond acceptors (Lipinski definition) is 6. The second kappa shape index (κ2) is 5.40. The summed E-state index contributed by atoms with van der Waals surface area (Å²) in [4.78, 5) is 6.21. The number of rotatable bonds is 4. The average molecular weight is 230 g/mol. The number of hydrogen-bond donors (Lipinski definition) is 0. The Kier molecular flexibility index (Phi) is 3.66. The summed E-state index contributed by atoms with van der Waals surface area (Å²) < 4.78 is 0. The molecular weight excluding hydrogens is 216 g/mol. The highest BCUT2D eigenvalue weighted by Gasteiger charge is 2.05. The van der Waals surface area contributed by atoms with E-state index >= 15 is 0 Å². The molecule has 0 unspecified atom stereocenters. The van der Waals surface area contributed by atoms with Crippen molar-refractivity contribution in [3.63, 3.8) is 0 Å². The molecule has 2 heterocycles. The molecule has 6 heteroatoms. The van der Waals surface area contributed by atoms with E-state index in [0.29, 0.717) is 17.3 Å². The molecule has 88 valence electrons. The minimum absolute atomic E-state index is 0.458. The van der Waals surface area contributed by atoms with Gasteiger partial charge in [0, 0.05) is 19.2 Å². The van der Waals surface area contributed by atoms with Gasteiger partial charge in [-0.05, 0) is 26.2 Å². The fraction of sp³-hybridized carbons (Fsp3) is 0.364. The van der Waals surface area contributed by atoms with Crippen molar-refractivity contribution >= 4 is 0 Å². The lowest BCUT2D eigenvalue weighted by atomic mass is 10.3. The summed E-state index contributed by atoms with van der Waals surface area (Å²) in [6.45, 7) is 0.881. The molecule has 0 spiro atoms. The summed E-state index contributed by atoms with van der Waals surface area (Å²) in [5.41, 5.74) is 0.687. The second-order valence-corrected chi connectivity index (χ2v) is 3.91. The van der Waals surface area contributed by atoms with Crippen LogP contribution in [0.15, 0.2) is 24.4 Å². The number of pyridine rings is 1. The zero-order valence-electron chi connectivity index (χ0n) is 9.91. The standard InChI is InChI=1S/C11H14N6/c1-17(2)8-6-10-13-15-11(16-14-10)9-5-3-4-7-12-9/h3-5,7H,6,8H2,1-2H3. The number of nitrogens with zero attached hydrogens (tertiary/aromatic N) is 6. The predicted molar refractivity (Wildman–Crippen MR) is 63.1 cm³/mol. The van der Waals surface area contributed by atoms with Gasteiger partial charge in [0.2, 0.25) is 5.82 Å². The Morgan fingerprint density at radius 2 is 1.82 bits per heavy atom. The van der Waals surface area contributed by atoms with Gasteiger partial charge in [-0.15, -0.1) is 20.4 Å². The van der Waals surface area contributed by atoms with E-state index in [1.807, 2.05) is 32.3 Å². The van der Waals surface area contributed by atoms with Gasteiger partial charge in [-0.2, -0.15) is 0 Å². The maximum absolute atomic E-state index is 4.14. The number of likely N-dealkylation sites (N-methyl/N-ethyl adjacent to an activating group) is 1. The Balaban J connectivity index is 2.08. The van der Waals surface area contributed by atoms with Crippen LogP contribution in [0.3, 0.4) is 0 Å². The van der Waals surface area contributed by atoms with Crippen LogP contribution in [0.1, 0.15) is 5.82 Å². The monoisotopic (exact) mass is 230 g/mol. The molecule has 0 amide bonds. The van der Waals surface area contributed by atoms with Gasteiger partial charge in [-0.1, -0.05) is 6.07 Å². The van der Waals surface area contributed by atoms with E-state index in [0.717, 1.165) is 13.0 Å². The van der Waals surface area contributed by atoms with Crippen LogP contribution >= 0.6 is 0 Å². The summed E-state index contributed by atoms with van der Waals surface area (Å²) in [5, 5.41) is 16.1. The highest BCUT2D eigenvalue weighted by atomic mass is 15.3. The molecule has 0 saturated carbocycles. The molecule has 0 aliphatic heterocycles. The molecule has 2 aromatic heterocycles. The first-order valence-electron chi connectivity index (χ1n) is 5.38. The van der Waals surface area contributed by atoms with Crippen molar-refractivity contribution < 1.29 is 0 Å². The third-order valence-electron chi connectivity index (χ3n) is 2.20.